The van der Waals surface area contributed by atoms with Crippen molar-refractivity contribution in [3.8, 4) is 0 Å². The topological polar surface area (TPSA) is 60.1 Å². The van der Waals surface area contributed by atoms with Gasteiger partial charge >= 0.3 is 0 Å². The third kappa shape index (κ3) is 5.86. The predicted molar refractivity (Wildman–Crippen MR) is 124 cm³/mol. The molecule has 0 bridgehead atoms. The average Bonchev–Trinajstić information content (AvgIpc) is 3.31. The fourth-order valence-corrected chi connectivity index (χ4v) is 4.67. The highest BCUT2D eigenvalue weighted by Gasteiger charge is 2.21. The first-order valence-corrected chi connectivity index (χ1v) is 11.6. The molecule has 0 amide bonds. The molecule has 2 aromatic rings. The lowest BCUT2D eigenvalue weighted by Gasteiger charge is -2.36. The maximum atomic E-state index is 4.95. The van der Waals surface area contributed by atoms with E-state index in [9.17, 15) is 0 Å². The predicted octanol–water partition coefficient (Wildman–Crippen LogP) is 2.94. The molecule has 0 radical (unpaired) electrons. The number of hydrogen-bond acceptors (Lipinski definition) is 5. The minimum atomic E-state index is 0.677. The van der Waals surface area contributed by atoms with E-state index in [-0.39, 0.29) is 0 Å². The summed E-state index contributed by atoms with van der Waals surface area (Å²) in [7, 11) is 1.88. The second kappa shape index (κ2) is 10.8. The van der Waals surface area contributed by atoms with Crippen LogP contribution in [0.3, 0.4) is 0 Å². The minimum absolute atomic E-state index is 0.677. The first-order valence-electron chi connectivity index (χ1n) is 11.6. The average molecular weight is 425 g/mol. The van der Waals surface area contributed by atoms with Crippen molar-refractivity contribution in [3.63, 3.8) is 0 Å². The van der Waals surface area contributed by atoms with Gasteiger partial charge in [0, 0.05) is 65.0 Å². The highest BCUT2D eigenvalue weighted by Crippen LogP contribution is 2.21. The summed E-state index contributed by atoms with van der Waals surface area (Å²) < 4.78 is 4.95. The van der Waals surface area contributed by atoms with Gasteiger partial charge < -0.3 is 14.7 Å². The number of hydrogen-bond donors (Lipinski definition) is 1. The number of nitrogens with one attached hydrogen (secondary N) is 1. The van der Waals surface area contributed by atoms with E-state index in [1.807, 2.05) is 13.1 Å². The van der Waals surface area contributed by atoms with Gasteiger partial charge in [-0.05, 0) is 37.4 Å². The van der Waals surface area contributed by atoms with Crippen molar-refractivity contribution in [2.24, 2.45) is 4.99 Å². The Kier molecular flexibility index (Phi) is 7.59. The Bertz CT molecular complexity index is 828. The lowest BCUT2D eigenvalue weighted by molar-refractivity contribution is 0.152. The summed E-state index contributed by atoms with van der Waals surface area (Å²) in [5.41, 5.74) is 3.79. The Hall–Kier alpha value is -2.38. The minimum Gasteiger partial charge on any atom is -0.364 e. The van der Waals surface area contributed by atoms with Crippen LogP contribution >= 0.6 is 0 Å². The Morgan fingerprint density at radius 1 is 1.06 bits per heavy atom. The molecule has 31 heavy (non-hydrogen) atoms. The number of nitrogens with zero attached hydrogens (tertiary/aromatic N) is 5. The molecule has 7 nitrogen and oxygen atoms in total. The van der Waals surface area contributed by atoms with Crippen LogP contribution in [-0.4, -0.2) is 71.6 Å². The van der Waals surface area contributed by atoms with E-state index in [4.69, 9.17) is 4.52 Å². The number of benzene rings is 1. The third-order valence-electron chi connectivity index (χ3n) is 6.63. The van der Waals surface area contributed by atoms with Crippen LogP contribution in [0.2, 0.25) is 0 Å². The van der Waals surface area contributed by atoms with Crippen molar-refractivity contribution in [3.05, 3.63) is 53.4 Å². The molecule has 0 aliphatic carbocycles. The van der Waals surface area contributed by atoms with Crippen molar-refractivity contribution >= 4 is 5.96 Å². The normalized spacial score (nSPS) is 21.4. The highest BCUT2D eigenvalue weighted by molar-refractivity contribution is 5.80. The molecule has 1 unspecified atom stereocenters. The van der Waals surface area contributed by atoms with Gasteiger partial charge in [-0.15, -0.1) is 0 Å². The molecule has 3 heterocycles. The highest BCUT2D eigenvalue weighted by atomic mass is 16.5. The number of likely N-dealkylation sites (tertiary alicyclic amines) is 1. The van der Waals surface area contributed by atoms with E-state index >= 15 is 0 Å². The lowest BCUT2D eigenvalue weighted by atomic mass is 10.0. The van der Waals surface area contributed by atoms with Gasteiger partial charge in [0.2, 0.25) is 0 Å². The summed E-state index contributed by atoms with van der Waals surface area (Å²) in [4.78, 5) is 12.0. The van der Waals surface area contributed by atoms with Crippen molar-refractivity contribution in [1.29, 1.82) is 0 Å². The first kappa shape index (κ1) is 21.8. The number of aliphatic imine (C=N–C) groups is 1. The molecule has 0 saturated carbocycles. The van der Waals surface area contributed by atoms with Crippen molar-refractivity contribution < 1.29 is 4.52 Å². The molecule has 4 rings (SSSR count). The summed E-state index contributed by atoms with van der Waals surface area (Å²) in [6.45, 7) is 10.2. The van der Waals surface area contributed by atoms with Gasteiger partial charge in [0.05, 0.1) is 5.69 Å². The van der Waals surface area contributed by atoms with Crippen LogP contribution in [0.1, 0.15) is 43.0 Å². The maximum absolute atomic E-state index is 4.95. The fraction of sp³-hybridized carbons (Fsp3) is 0.583. The Balaban J connectivity index is 1.30. The number of guanidine groups is 1. The number of rotatable bonds is 6. The van der Waals surface area contributed by atoms with Crippen LogP contribution in [0.4, 0.5) is 0 Å². The summed E-state index contributed by atoms with van der Waals surface area (Å²) in [5.74, 6) is 0.988. The molecule has 1 aromatic heterocycles. The quantitative estimate of drug-likeness (QED) is 0.568. The Morgan fingerprint density at radius 3 is 2.58 bits per heavy atom. The zero-order valence-electron chi connectivity index (χ0n) is 19.0. The second-order valence-corrected chi connectivity index (χ2v) is 8.74. The molecule has 2 fully saturated rings. The fourth-order valence-electron chi connectivity index (χ4n) is 4.67. The number of piperazine rings is 1. The van der Waals surface area contributed by atoms with E-state index in [1.165, 1.54) is 36.9 Å². The summed E-state index contributed by atoms with van der Waals surface area (Å²) in [5, 5.41) is 7.64. The molecule has 1 N–H and O–H groups in total. The molecule has 1 aromatic carbocycles. The summed E-state index contributed by atoms with van der Waals surface area (Å²) >= 11 is 0. The van der Waals surface area contributed by atoms with E-state index in [0.717, 1.165) is 57.5 Å². The SMILES string of the molecule is CN=C(NCc1ccccc1CN1CCCCC1C)N1CCN(Cc2ccon2)CC1. The molecule has 1 atom stereocenters. The van der Waals surface area contributed by atoms with Crippen LogP contribution in [0.25, 0.3) is 0 Å². The lowest BCUT2D eigenvalue weighted by Crippen LogP contribution is -2.52. The Labute approximate surface area is 186 Å². The van der Waals surface area contributed by atoms with E-state index in [1.54, 1.807) is 6.26 Å². The van der Waals surface area contributed by atoms with Crippen molar-refractivity contribution in [1.82, 2.24) is 25.2 Å². The summed E-state index contributed by atoms with van der Waals surface area (Å²) in [6.07, 6.45) is 5.64. The molecule has 2 aliphatic heterocycles. The van der Waals surface area contributed by atoms with Gasteiger partial charge in [-0.1, -0.05) is 35.8 Å². The molecular formula is C24H36N6O. The van der Waals surface area contributed by atoms with Crippen molar-refractivity contribution in [2.45, 2.75) is 51.9 Å². The van der Waals surface area contributed by atoms with Crippen LogP contribution in [0, 0.1) is 0 Å². The monoisotopic (exact) mass is 424 g/mol. The zero-order chi connectivity index (χ0) is 21.5. The molecule has 0 spiro atoms. The number of aromatic nitrogens is 1. The summed E-state index contributed by atoms with van der Waals surface area (Å²) in [6, 6.07) is 11.5. The number of piperidine rings is 1. The molecular weight excluding hydrogens is 388 g/mol. The van der Waals surface area contributed by atoms with E-state index in [2.05, 4.69) is 61.4 Å². The first-order chi connectivity index (χ1) is 15.2. The van der Waals surface area contributed by atoms with Crippen LogP contribution in [-0.2, 0) is 19.6 Å². The second-order valence-electron chi connectivity index (χ2n) is 8.74. The zero-order valence-corrected chi connectivity index (χ0v) is 19.0. The van der Waals surface area contributed by atoms with Gasteiger partial charge in [0.1, 0.15) is 6.26 Å². The van der Waals surface area contributed by atoms with Crippen molar-refractivity contribution in [2.75, 3.05) is 39.8 Å². The van der Waals surface area contributed by atoms with Gasteiger partial charge in [-0.3, -0.25) is 14.8 Å². The maximum Gasteiger partial charge on any atom is 0.194 e. The van der Waals surface area contributed by atoms with Crippen LogP contribution < -0.4 is 5.32 Å². The van der Waals surface area contributed by atoms with Crippen LogP contribution in [0.15, 0.2) is 46.1 Å². The van der Waals surface area contributed by atoms with Gasteiger partial charge in [0.25, 0.3) is 0 Å². The molecule has 168 valence electrons. The molecule has 7 heteroatoms. The van der Waals surface area contributed by atoms with E-state index < -0.39 is 0 Å². The standard InChI is InChI=1S/C24H36N6O/c1-20-7-5-6-11-30(20)18-22-9-4-3-8-21(22)17-26-24(25-2)29-14-12-28(13-15-29)19-23-10-16-31-27-23/h3-4,8-10,16,20H,5-7,11-15,17-19H2,1-2H3,(H,25,26). The molecule has 2 saturated heterocycles. The Morgan fingerprint density at radius 2 is 1.87 bits per heavy atom. The molecule has 2 aliphatic rings. The van der Waals surface area contributed by atoms with Gasteiger partial charge in [0.15, 0.2) is 5.96 Å². The van der Waals surface area contributed by atoms with Gasteiger partial charge in [-0.2, -0.15) is 0 Å². The van der Waals surface area contributed by atoms with E-state index in [0.29, 0.717) is 6.04 Å². The van der Waals surface area contributed by atoms with Crippen LogP contribution in [0.5, 0.6) is 0 Å². The largest absolute Gasteiger partial charge is 0.364 e. The third-order valence-corrected chi connectivity index (χ3v) is 6.63. The smallest absolute Gasteiger partial charge is 0.194 e. The van der Waals surface area contributed by atoms with Gasteiger partial charge in [-0.25, -0.2) is 0 Å².